The number of aliphatic hydroxyl groups is 1. The summed E-state index contributed by atoms with van der Waals surface area (Å²) < 4.78 is 4.92. The minimum Gasteiger partial charge on any atom is -0.389 e. The van der Waals surface area contributed by atoms with E-state index in [-0.39, 0.29) is 6.10 Å². The third kappa shape index (κ3) is 6.84. The molecule has 92 valence electrons. The second-order valence-corrected chi connectivity index (χ2v) is 4.31. The monoisotopic (exact) mass is 218 g/mol. The Kier molecular flexibility index (Phi) is 7.96. The van der Waals surface area contributed by atoms with Crippen molar-refractivity contribution in [1.82, 2.24) is 9.80 Å². The zero-order valence-corrected chi connectivity index (χ0v) is 10.7. The summed E-state index contributed by atoms with van der Waals surface area (Å²) in [4.78, 5) is 4.43. The van der Waals surface area contributed by atoms with Crippen LogP contribution in [0.3, 0.4) is 0 Å². The summed E-state index contributed by atoms with van der Waals surface area (Å²) >= 11 is 0. The Morgan fingerprint density at radius 2 is 1.87 bits per heavy atom. The Morgan fingerprint density at radius 3 is 2.27 bits per heavy atom. The SMILES string of the molecule is CCN(CC(O)COC)C(C)CN(C)C. The second kappa shape index (κ2) is 8.05. The van der Waals surface area contributed by atoms with E-state index in [1.807, 2.05) is 0 Å². The molecule has 0 aromatic rings. The summed E-state index contributed by atoms with van der Waals surface area (Å²) in [6.07, 6.45) is -0.389. The Labute approximate surface area is 93.8 Å². The van der Waals surface area contributed by atoms with E-state index in [0.717, 1.165) is 13.1 Å². The van der Waals surface area contributed by atoms with Crippen molar-refractivity contribution in [2.75, 3.05) is 47.4 Å². The molecular formula is C11H26N2O2. The van der Waals surface area contributed by atoms with Gasteiger partial charge < -0.3 is 14.7 Å². The lowest BCUT2D eigenvalue weighted by atomic mass is 10.2. The van der Waals surface area contributed by atoms with E-state index in [1.165, 1.54) is 0 Å². The molecule has 0 radical (unpaired) electrons. The average Bonchev–Trinajstić information content (AvgIpc) is 2.13. The summed E-state index contributed by atoms with van der Waals surface area (Å²) in [5.74, 6) is 0. The molecule has 0 heterocycles. The summed E-state index contributed by atoms with van der Waals surface area (Å²) in [6.45, 7) is 7.35. The number of hydrogen-bond acceptors (Lipinski definition) is 4. The minimum absolute atomic E-state index is 0.389. The first kappa shape index (κ1) is 14.8. The fourth-order valence-corrected chi connectivity index (χ4v) is 1.78. The Balaban J connectivity index is 3.99. The van der Waals surface area contributed by atoms with Gasteiger partial charge in [-0.3, -0.25) is 4.90 Å². The first-order valence-corrected chi connectivity index (χ1v) is 5.57. The van der Waals surface area contributed by atoms with Gasteiger partial charge in [0.05, 0.1) is 12.7 Å². The van der Waals surface area contributed by atoms with Gasteiger partial charge in [-0.05, 0) is 27.6 Å². The molecule has 0 saturated heterocycles. The van der Waals surface area contributed by atoms with Gasteiger partial charge in [-0.25, -0.2) is 0 Å². The maximum atomic E-state index is 9.65. The topological polar surface area (TPSA) is 35.9 Å². The number of hydrogen-bond donors (Lipinski definition) is 1. The van der Waals surface area contributed by atoms with Crippen molar-refractivity contribution < 1.29 is 9.84 Å². The van der Waals surface area contributed by atoms with E-state index < -0.39 is 0 Å². The van der Waals surface area contributed by atoms with Gasteiger partial charge in [0.15, 0.2) is 0 Å². The fourth-order valence-electron chi connectivity index (χ4n) is 1.78. The van der Waals surface area contributed by atoms with E-state index in [1.54, 1.807) is 7.11 Å². The molecule has 2 atom stereocenters. The zero-order chi connectivity index (χ0) is 11.8. The number of methoxy groups -OCH3 is 1. The third-order valence-corrected chi connectivity index (χ3v) is 2.46. The molecule has 0 aromatic carbocycles. The summed E-state index contributed by atoms with van der Waals surface area (Å²) in [5, 5.41) is 9.65. The number of rotatable bonds is 8. The van der Waals surface area contributed by atoms with Gasteiger partial charge >= 0.3 is 0 Å². The highest BCUT2D eigenvalue weighted by Crippen LogP contribution is 2.02. The van der Waals surface area contributed by atoms with E-state index >= 15 is 0 Å². The van der Waals surface area contributed by atoms with Gasteiger partial charge in [-0.15, -0.1) is 0 Å². The average molecular weight is 218 g/mol. The van der Waals surface area contributed by atoms with Crippen LogP contribution in [-0.4, -0.2) is 74.5 Å². The maximum Gasteiger partial charge on any atom is 0.0900 e. The summed E-state index contributed by atoms with van der Waals surface area (Å²) in [6, 6.07) is 0.455. The first-order valence-electron chi connectivity index (χ1n) is 5.57. The minimum atomic E-state index is -0.389. The maximum absolute atomic E-state index is 9.65. The smallest absolute Gasteiger partial charge is 0.0900 e. The predicted octanol–water partition coefficient (Wildman–Crippen LogP) is 0.266. The lowest BCUT2D eigenvalue weighted by Crippen LogP contribution is -2.44. The highest BCUT2D eigenvalue weighted by Gasteiger charge is 2.16. The molecule has 0 aliphatic carbocycles. The first-order chi connectivity index (χ1) is 7.01. The van der Waals surface area contributed by atoms with Crippen LogP contribution < -0.4 is 0 Å². The molecule has 4 heteroatoms. The lowest BCUT2D eigenvalue weighted by molar-refractivity contribution is 0.0271. The van der Waals surface area contributed by atoms with Crippen LogP contribution in [0, 0.1) is 0 Å². The standard InChI is InChI=1S/C11H26N2O2/c1-6-13(8-11(14)9-15-5)10(2)7-12(3)4/h10-11,14H,6-9H2,1-5H3. The third-order valence-electron chi connectivity index (χ3n) is 2.46. The Bertz CT molecular complexity index is 154. The molecule has 4 nitrogen and oxygen atoms in total. The lowest BCUT2D eigenvalue weighted by Gasteiger charge is -2.31. The molecule has 2 unspecified atom stereocenters. The predicted molar refractivity (Wildman–Crippen MR) is 63.1 cm³/mol. The van der Waals surface area contributed by atoms with Crippen molar-refractivity contribution in [1.29, 1.82) is 0 Å². The molecule has 0 saturated carbocycles. The van der Waals surface area contributed by atoms with Crippen LogP contribution in [-0.2, 0) is 4.74 Å². The molecular weight excluding hydrogens is 192 g/mol. The molecule has 1 N–H and O–H groups in total. The van der Waals surface area contributed by atoms with Crippen LogP contribution in [0.25, 0.3) is 0 Å². The van der Waals surface area contributed by atoms with Gasteiger partial charge in [-0.1, -0.05) is 6.92 Å². The van der Waals surface area contributed by atoms with Crippen LogP contribution in [0.5, 0.6) is 0 Å². The summed E-state index contributed by atoms with van der Waals surface area (Å²) in [7, 11) is 5.74. The molecule has 0 aliphatic rings. The molecule has 0 amide bonds. The molecule has 0 fully saturated rings. The number of likely N-dealkylation sites (N-methyl/N-ethyl adjacent to an activating group) is 2. The molecule has 0 aromatic heterocycles. The Hall–Kier alpha value is -0.160. The normalized spacial score (nSPS) is 16.0. The molecule has 0 spiro atoms. The number of nitrogens with zero attached hydrogens (tertiary/aromatic N) is 2. The van der Waals surface area contributed by atoms with Crippen LogP contribution in [0.2, 0.25) is 0 Å². The Morgan fingerprint density at radius 1 is 1.27 bits per heavy atom. The fraction of sp³-hybridized carbons (Fsp3) is 1.00. The van der Waals surface area contributed by atoms with E-state index in [4.69, 9.17) is 4.74 Å². The highest BCUT2D eigenvalue weighted by atomic mass is 16.5. The van der Waals surface area contributed by atoms with Gasteiger partial charge in [0.25, 0.3) is 0 Å². The van der Waals surface area contributed by atoms with Gasteiger partial charge in [-0.2, -0.15) is 0 Å². The van der Waals surface area contributed by atoms with Crippen molar-refractivity contribution in [2.24, 2.45) is 0 Å². The molecule has 0 bridgehead atoms. The van der Waals surface area contributed by atoms with Crippen molar-refractivity contribution in [3.8, 4) is 0 Å². The van der Waals surface area contributed by atoms with Gasteiger partial charge in [0, 0.05) is 26.2 Å². The van der Waals surface area contributed by atoms with Crippen LogP contribution in [0.1, 0.15) is 13.8 Å². The molecule has 0 rings (SSSR count). The zero-order valence-electron chi connectivity index (χ0n) is 10.7. The van der Waals surface area contributed by atoms with Crippen LogP contribution in [0.15, 0.2) is 0 Å². The van der Waals surface area contributed by atoms with Crippen molar-refractivity contribution in [3.05, 3.63) is 0 Å². The number of ether oxygens (including phenoxy) is 1. The number of aliphatic hydroxyl groups excluding tert-OH is 1. The molecule has 15 heavy (non-hydrogen) atoms. The van der Waals surface area contributed by atoms with E-state index in [9.17, 15) is 5.11 Å². The van der Waals surface area contributed by atoms with Gasteiger partial charge in [0.1, 0.15) is 0 Å². The van der Waals surface area contributed by atoms with Crippen molar-refractivity contribution in [2.45, 2.75) is 26.0 Å². The van der Waals surface area contributed by atoms with E-state index in [0.29, 0.717) is 19.2 Å². The molecule has 0 aliphatic heterocycles. The second-order valence-electron chi connectivity index (χ2n) is 4.31. The highest BCUT2D eigenvalue weighted by molar-refractivity contribution is 4.71. The van der Waals surface area contributed by atoms with Crippen LogP contribution >= 0.6 is 0 Å². The van der Waals surface area contributed by atoms with Gasteiger partial charge in [0.2, 0.25) is 0 Å². The van der Waals surface area contributed by atoms with E-state index in [2.05, 4.69) is 37.7 Å². The van der Waals surface area contributed by atoms with Crippen molar-refractivity contribution in [3.63, 3.8) is 0 Å². The van der Waals surface area contributed by atoms with Crippen molar-refractivity contribution >= 4 is 0 Å². The quantitative estimate of drug-likeness (QED) is 0.634. The van der Waals surface area contributed by atoms with Crippen LogP contribution in [0.4, 0.5) is 0 Å². The summed E-state index contributed by atoms with van der Waals surface area (Å²) in [5.41, 5.74) is 0. The largest absolute Gasteiger partial charge is 0.389 e.